The first-order valence-corrected chi connectivity index (χ1v) is 8.02. The van der Waals surface area contributed by atoms with E-state index in [0.717, 1.165) is 11.1 Å². The summed E-state index contributed by atoms with van der Waals surface area (Å²) in [5, 5.41) is 7.89. The van der Waals surface area contributed by atoms with Gasteiger partial charge in [0.25, 0.3) is 0 Å². The predicted molar refractivity (Wildman–Crippen MR) is 72.7 cm³/mol. The lowest BCUT2D eigenvalue weighted by molar-refractivity contribution is -0.136. The van der Waals surface area contributed by atoms with E-state index in [1.807, 2.05) is 19.9 Å². The Balaban J connectivity index is 2.27. The number of hydrogen-bond donors (Lipinski definition) is 1. The van der Waals surface area contributed by atoms with E-state index in [1.165, 1.54) is 0 Å². The van der Waals surface area contributed by atoms with Gasteiger partial charge in [-0.3, -0.25) is 4.79 Å². The van der Waals surface area contributed by atoms with Gasteiger partial charge in [0.15, 0.2) is 15.1 Å². The van der Waals surface area contributed by atoms with Crippen LogP contribution in [0.5, 0.6) is 0 Å². The van der Waals surface area contributed by atoms with Gasteiger partial charge in [-0.25, -0.2) is 8.42 Å². The van der Waals surface area contributed by atoms with E-state index in [9.17, 15) is 13.2 Å². The summed E-state index contributed by atoms with van der Waals surface area (Å²) in [6, 6.07) is 5.57. The Hall–Kier alpha value is -1.36. The minimum Gasteiger partial charge on any atom is -0.480 e. The molecular formula is C14H18O4S. The van der Waals surface area contributed by atoms with E-state index < -0.39 is 21.1 Å². The Labute approximate surface area is 113 Å². The molecule has 0 bridgehead atoms. The second-order valence-electron chi connectivity index (χ2n) is 5.40. The maximum Gasteiger partial charge on any atom is 0.322 e. The lowest BCUT2D eigenvalue weighted by atomic mass is 10.1. The molecule has 1 aromatic carbocycles. The van der Waals surface area contributed by atoms with E-state index in [-0.39, 0.29) is 11.7 Å². The van der Waals surface area contributed by atoms with E-state index in [0.29, 0.717) is 18.4 Å². The summed E-state index contributed by atoms with van der Waals surface area (Å²) in [6.45, 7) is 3.80. The molecule has 0 aliphatic heterocycles. The molecule has 1 unspecified atom stereocenters. The Morgan fingerprint density at radius 1 is 1.26 bits per heavy atom. The molecule has 0 aromatic heterocycles. The van der Waals surface area contributed by atoms with Crippen molar-refractivity contribution in [1.29, 1.82) is 0 Å². The molecule has 1 atom stereocenters. The number of rotatable bonds is 5. The van der Waals surface area contributed by atoms with Crippen LogP contribution in [0.4, 0.5) is 0 Å². The number of aryl methyl sites for hydroxylation is 2. The van der Waals surface area contributed by atoms with Crippen molar-refractivity contribution < 1.29 is 18.3 Å². The highest BCUT2D eigenvalue weighted by molar-refractivity contribution is 7.92. The molecule has 0 heterocycles. The zero-order chi connectivity index (χ0) is 14.2. The third kappa shape index (κ3) is 3.35. The monoisotopic (exact) mass is 282 g/mol. The Bertz CT molecular complexity index is 580. The van der Waals surface area contributed by atoms with Gasteiger partial charge in [-0.15, -0.1) is 0 Å². The average Bonchev–Trinajstić information content (AvgIpc) is 2.97. The fourth-order valence-corrected chi connectivity index (χ4v) is 4.50. The van der Waals surface area contributed by atoms with Crippen LogP contribution in [0.15, 0.2) is 18.2 Å². The van der Waals surface area contributed by atoms with Gasteiger partial charge in [-0.05, 0) is 38.2 Å². The van der Waals surface area contributed by atoms with Crippen molar-refractivity contribution in [2.45, 2.75) is 37.7 Å². The SMILES string of the molecule is Cc1cc(C)cc(CS(=O)(=O)C(C(=O)O)C2CC2)c1. The van der Waals surface area contributed by atoms with Crippen LogP contribution in [0, 0.1) is 19.8 Å². The normalized spacial score (nSPS) is 17.2. The van der Waals surface area contributed by atoms with E-state index in [2.05, 4.69) is 0 Å². The Kier molecular flexibility index (Phi) is 3.67. The van der Waals surface area contributed by atoms with E-state index in [1.54, 1.807) is 12.1 Å². The van der Waals surface area contributed by atoms with E-state index >= 15 is 0 Å². The molecule has 1 aliphatic rings. The highest BCUT2D eigenvalue weighted by Gasteiger charge is 2.45. The zero-order valence-corrected chi connectivity index (χ0v) is 11.9. The van der Waals surface area contributed by atoms with Crippen molar-refractivity contribution >= 4 is 15.8 Å². The molecule has 4 nitrogen and oxygen atoms in total. The number of carboxylic acid groups (broad SMARTS) is 1. The van der Waals surface area contributed by atoms with Gasteiger partial charge in [0, 0.05) is 0 Å². The first-order valence-electron chi connectivity index (χ1n) is 6.31. The fourth-order valence-electron chi connectivity index (χ4n) is 2.52. The number of sulfone groups is 1. The van der Waals surface area contributed by atoms with E-state index in [4.69, 9.17) is 5.11 Å². The summed E-state index contributed by atoms with van der Waals surface area (Å²) >= 11 is 0. The molecule has 1 fully saturated rings. The lowest BCUT2D eigenvalue weighted by Gasteiger charge is -2.13. The summed E-state index contributed by atoms with van der Waals surface area (Å²) in [6.07, 6.45) is 1.39. The van der Waals surface area contributed by atoms with Crippen LogP contribution in [0.2, 0.25) is 0 Å². The van der Waals surface area contributed by atoms with Gasteiger partial charge < -0.3 is 5.11 Å². The van der Waals surface area contributed by atoms with Crippen molar-refractivity contribution in [2.24, 2.45) is 5.92 Å². The molecule has 0 spiro atoms. The second-order valence-corrected chi connectivity index (χ2v) is 7.52. The average molecular weight is 282 g/mol. The summed E-state index contributed by atoms with van der Waals surface area (Å²) in [4.78, 5) is 11.2. The summed E-state index contributed by atoms with van der Waals surface area (Å²) < 4.78 is 24.5. The molecule has 104 valence electrons. The van der Waals surface area contributed by atoms with Gasteiger partial charge >= 0.3 is 5.97 Å². The molecule has 1 saturated carbocycles. The van der Waals surface area contributed by atoms with Gasteiger partial charge in [-0.2, -0.15) is 0 Å². The van der Waals surface area contributed by atoms with Crippen LogP contribution in [-0.4, -0.2) is 24.7 Å². The molecule has 1 aromatic rings. The van der Waals surface area contributed by atoms with Crippen molar-refractivity contribution in [3.63, 3.8) is 0 Å². The zero-order valence-electron chi connectivity index (χ0n) is 11.1. The highest BCUT2D eigenvalue weighted by atomic mass is 32.2. The number of hydrogen-bond acceptors (Lipinski definition) is 3. The molecule has 0 radical (unpaired) electrons. The molecule has 5 heteroatoms. The number of carboxylic acids is 1. The molecule has 2 rings (SSSR count). The van der Waals surface area contributed by atoms with Gasteiger partial charge in [0.2, 0.25) is 0 Å². The van der Waals surface area contributed by atoms with Crippen LogP contribution >= 0.6 is 0 Å². The van der Waals surface area contributed by atoms with Crippen molar-refractivity contribution in [3.8, 4) is 0 Å². The van der Waals surface area contributed by atoms with Crippen LogP contribution in [0.25, 0.3) is 0 Å². The van der Waals surface area contributed by atoms with Crippen molar-refractivity contribution in [3.05, 3.63) is 34.9 Å². The number of carbonyl (C=O) groups is 1. The van der Waals surface area contributed by atoms with Crippen LogP contribution in [-0.2, 0) is 20.4 Å². The molecule has 1 N–H and O–H groups in total. The minimum atomic E-state index is -3.64. The molecule has 19 heavy (non-hydrogen) atoms. The summed E-state index contributed by atoms with van der Waals surface area (Å²) in [7, 11) is -3.64. The standard InChI is InChI=1S/C14H18O4S/c1-9-5-10(2)7-11(6-9)8-19(17,18)13(14(15)16)12-3-4-12/h5-7,12-13H,3-4,8H2,1-2H3,(H,15,16). The molecule has 1 aliphatic carbocycles. The number of aliphatic carboxylic acids is 1. The Morgan fingerprint density at radius 2 is 1.79 bits per heavy atom. The minimum absolute atomic E-state index is 0.191. The Morgan fingerprint density at radius 3 is 2.21 bits per heavy atom. The molecule has 0 saturated heterocycles. The second kappa shape index (κ2) is 4.96. The van der Waals surface area contributed by atoms with Gasteiger partial charge in [0.1, 0.15) is 0 Å². The third-order valence-electron chi connectivity index (χ3n) is 3.33. The molecular weight excluding hydrogens is 264 g/mol. The third-order valence-corrected chi connectivity index (χ3v) is 5.43. The lowest BCUT2D eigenvalue weighted by Crippen LogP contribution is -2.33. The first-order chi connectivity index (χ1) is 8.79. The van der Waals surface area contributed by atoms with Crippen molar-refractivity contribution in [1.82, 2.24) is 0 Å². The summed E-state index contributed by atoms with van der Waals surface area (Å²) in [5.74, 6) is -1.61. The smallest absolute Gasteiger partial charge is 0.322 e. The number of benzene rings is 1. The maximum absolute atomic E-state index is 12.3. The van der Waals surface area contributed by atoms with Crippen LogP contribution in [0.3, 0.4) is 0 Å². The highest BCUT2D eigenvalue weighted by Crippen LogP contribution is 2.37. The summed E-state index contributed by atoms with van der Waals surface area (Å²) in [5.41, 5.74) is 2.65. The molecule has 0 amide bonds. The van der Waals surface area contributed by atoms with Crippen LogP contribution in [0.1, 0.15) is 29.5 Å². The maximum atomic E-state index is 12.3. The quantitative estimate of drug-likeness (QED) is 0.897. The fraction of sp³-hybridized carbons (Fsp3) is 0.500. The van der Waals surface area contributed by atoms with Gasteiger partial charge in [-0.1, -0.05) is 29.3 Å². The van der Waals surface area contributed by atoms with Gasteiger partial charge in [0.05, 0.1) is 5.75 Å². The van der Waals surface area contributed by atoms with Crippen LogP contribution < -0.4 is 0 Å². The largest absolute Gasteiger partial charge is 0.480 e. The topological polar surface area (TPSA) is 71.4 Å². The first kappa shape index (κ1) is 14.1. The van der Waals surface area contributed by atoms with Crippen molar-refractivity contribution in [2.75, 3.05) is 0 Å². The predicted octanol–water partition coefficient (Wildman–Crippen LogP) is 2.08.